The van der Waals surface area contributed by atoms with Gasteiger partial charge in [-0.15, -0.1) is 0 Å². The molecule has 8 nitrogen and oxygen atoms in total. The minimum atomic E-state index is -1.24. The standard InChI is InChI=1S/C27H34O8S/c1-26(30-4)27(2,31-5)35-23-22(34-26)20(15-16-28)33-25(36-21-14-10-9-13-19(21)29-3)24(23)32-17-18-11-7-6-8-12-18/h6-14,16,20,22-25H,15,17H2,1-5H3/t20-,22-,23+,24+,25-,26+,27+/m1/s1. The van der Waals surface area contributed by atoms with E-state index in [1.165, 1.54) is 18.9 Å². The van der Waals surface area contributed by atoms with Crippen molar-refractivity contribution in [2.75, 3.05) is 21.3 Å². The molecule has 36 heavy (non-hydrogen) atoms. The molecular formula is C27H34O8S. The lowest BCUT2D eigenvalue weighted by Gasteiger charge is -2.57. The van der Waals surface area contributed by atoms with Crippen molar-refractivity contribution < 1.29 is 38.0 Å². The smallest absolute Gasteiger partial charge is 0.220 e. The van der Waals surface area contributed by atoms with Crippen LogP contribution in [-0.2, 0) is 39.8 Å². The predicted octanol–water partition coefficient (Wildman–Crippen LogP) is 4.20. The fourth-order valence-electron chi connectivity index (χ4n) is 4.52. The van der Waals surface area contributed by atoms with Crippen LogP contribution in [0.4, 0.5) is 0 Å². The first-order valence-electron chi connectivity index (χ1n) is 11.9. The third-order valence-electron chi connectivity index (χ3n) is 6.84. The third-order valence-corrected chi connectivity index (χ3v) is 8.05. The van der Waals surface area contributed by atoms with Gasteiger partial charge in [0, 0.05) is 20.6 Å². The zero-order valence-electron chi connectivity index (χ0n) is 21.2. The molecule has 2 aromatic rings. The highest BCUT2D eigenvalue weighted by molar-refractivity contribution is 8.00. The summed E-state index contributed by atoms with van der Waals surface area (Å²) in [6.45, 7) is 3.86. The van der Waals surface area contributed by atoms with Gasteiger partial charge in [0.05, 0.1) is 24.7 Å². The first-order chi connectivity index (χ1) is 17.4. The Morgan fingerprint density at radius 2 is 1.56 bits per heavy atom. The Morgan fingerprint density at radius 3 is 2.19 bits per heavy atom. The number of benzene rings is 2. The molecule has 196 valence electrons. The second kappa shape index (κ2) is 11.6. The zero-order valence-corrected chi connectivity index (χ0v) is 22.1. The van der Waals surface area contributed by atoms with Gasteiger partial charge in [-0.3, -0.25) is 0 Å². The Labute approximate surface area is 216 Å². The van der Waals surface area contributed by atoms with Crippen molar-refractivity contribution in [1.82, 2.24) is 0 Å². The number of carbonyl (C=O) groups excluding carboxylic acids is 1. The number of aldehydes is 1. The molecule has 7 atom stereocenters. The van der Waals surface area contributed by atoms with E-state index in [0.29, 0.717) is 6.61 Å². The van der Waals surface area contributed by atoms with Gasteiger partial charge in [-0.1, -0.05) is 54.2 Å². The maximum absolute atomic E-state index is 11.6. The van der Waals surface area contributed by atoms with E-state index in [2.05, 4.69) is 0 Å². The van der Waals surface area contributed by atoms with Crippen LogP contribution >= 0.6 is 11.8 Å². The number of para-hydroxylation sites is 1. The molecule has 2 aliphatic heterocycles. The van der Waals surface area contributed by atoms with Crippen LogP contribution in [0.2, 0.25) is 0 Å². The van der Waals surface area contributed by atoms with Gasteiger partial charge in [0.15, 0.2) is 0 Å². The molecule has 2 heterocycles. The highest BCUT2D eigenvalue weighted by Gasteiger charge is 2.62. The molecule has 9 heteroatoms. The lowest BCUT2D eigenvalue weighted by atomic mass is 9.93. The van der Waals surface area contributed by atoms with Crippen LogP contribution < -0.4 is 4.74 Å². The van der Waals surface area contributed by atoms with Crippen molar-refractivity contribution in [1.29, 1.82) is 0 Å². The Bertz CT molecular complexity index is 1010. The van der Waals surface area contributed by atoms with Crippen molar-refractivity contribution in [2.45, 2.75) is 73.2 Å². The Kier molecular flexibility index (Phi) is 8.72. The fourth-order valence-corrected chi connectivity index (χ4v) is 5.76. The Balaban J connectivity index is 1.70. The van der Waals surface area contributed by atoms with Crippen LogP contribution in [0.15, 0.2) is 59.5 Å². The normalized spacial score (nSPS) is 34.1. The first-order valence-corrected chi connectivity index (χ1v) is 12.8. The molecule has 0 spiro atoms. The minimum Gasteiger partial charge on any atom is -0.496 e. The summed E-state index contributed by atoms with van der Waals surface area (Å²) >= 11 is 1.46. The van der Waals surface area contributed by atoms with E-state index in [-0.39, 0.29) is 6.42 Å². The molecule has 0 N–H and O–H groups in total. The number of hydrogen-bond donors (Lipinski definition) is 0. The van der Waals surface area contributed by atoms with Gasteiger partial charge >= 0.3 is 0 Å². The monoisotopic (exact) mass is 518 g/mol. The van der Waals surface area contributed by atoms with Gasteiger partial charge in [-0.05, 0) is 31.5 Å². The van der Waals surface area contributed by atoms with E-state index in [9.17, 15) is 4.79 Å². The lowest BCUT2D eigenvalue weighted by Crippen LogP contribution is -2.72. The molecule has 0 aliphatic carbocycles. The number of carbonyl (C=O) groups is 1. The molecule has 0 saturated carbocycles. The van der Waals surface area contributed by atoms with Crippen molar-refractivity contribution in [3.05, 3.63) is 60.2 Å². The van der Waals surface area contributed by atoms with Gasteiger partial charge in [0.2, 0.25) is 11.6 Å². The summed E-state index contributed by atoms with van der Waals surface area (Å²) in [6, 6.07) is 17.6. The van der Waals surface area contributed by atoms with Crippen molar-refractivity contribution in [2.24, 2.45) is 0 Å². The van der Waals surface area contributed by atoms with Crippen LogP contribution in [-0.4, -0.2) is 69.0 Å². The Hall–Kier alpha value is -1.98. The molecule has 2 fully saturated rings. The van der Waals surface area contributed by atoms with Crippen molar-refractivity contribution >= 4 is 18.0 Å². The number of rotatable bonds is 10. The number of hydrogen-bond acceptors (Lipinski definition) is 9. The van der Waals surface area contributed by atoms with Gasteiger partial charge in [0.25, 0.3) is 0 Å². The largest absolute Gasteiger partial charge is 0.496 e. The average Bonchev–Trinajstić information content (AvgIpc) is 2.90. The highest BCUT2D eigenvalue weighted by Crippen LogP contribution is 2.47. The van der Waals surface area contributed by atoms with Crippen LogP contribution in [0.1, 0.15) is 25.8 Å². The molecule has 4 rings (SSSR count). The van der Waals surface area contributed by atoms with Crippen LogP contribution in [0.3, 0.4) is 0 Å². The number of fused-ring (bicyclic) bond motifs is 1. The van der Waals surface area contributed by atoms with Crippen molar-refractivity contribution in [3.63, 3.8) is 0 Å². The van der Waals surface area contributed by atoms with E-state index in [1.807, 2.05) is 54.6 Å². The minimum absolute atomic E-state index is 0.127. The number of thioether (sulfide) groups is 1. The lowest BCUT2D eigenvalue weighted by molar-refractivity contribution is -0.470. The summed E-state index contributed by atoms with van der Waals surface area (Å²) in [5, 5.41) is 0. The van der Waals surface area contributed by atoms with E-state index >= 15 is 0 Å². The summed E-state index contributed by atoms with van der Waals surface area (Å²) in [5.41, 5.74) is 0.492. The van der Waals surface area contributed by atoms with E-state index < -0.39 is 41.4 Å². The second-order valence-electron chi connectivity index (χ2n) is 8.94. The molecule has 0 bridgehead atoms. The molecule has 2 aliphatic rings. The Morgan fingerprint density at radius 1 is 0.917 bits per heavy atom. The third kappa shape index (κ3) is 5.33. The highest BCUT2D eigenvalue weighted by atomic mass is 32.2. The molecule has 2 saturated heterocycles. The number of ether oxygens (including phenoxy) is 7. The van der Waals surface area contributed by atoms with Gasteiger partial charge in [-0.25, -0.2) is 0 Å². The summed E-state index contributed by atoms with van der Waals surface area (Å²) in [5.74, 6) is -1.75. The zero-order chi connectivity index (χ0) is 25.8. The van der Waals surface area contributed by atoms with Crippen LogP contribution in [0.5, 0.6) is 5.75 Å². The predicted molar refractivity (Wildman–Crippen MR) is 134 cm³/mol. The first kappa shape index (κ1) is 27.1. The molecule has 2 aromatic carbocycles. The maximum Gasteiger partial charge on any atom is 0.220 e. The van der Waals surface area contributed by atoms with E-state index in [4.69, 9.17) is 33.2 Å². The molecule has 0 unspecified atom stereocenters. The SMILES string of the molecule is COc1ccccc1S[C@H]1O[C@H](CC=O)[C@H]2O[C@](C)(OC)[C@@](C)(OC)O[C@@H]2[C@@H]1OCc1ccccc1. The summed E-state index contributed by atoms with van der Waals surface area (Å²) in [4.78, 5) is 12.5. The van der Waals surface area contributed by atoms with E-state index in [1.54, 1.807) is 28.1 Å². The van der Waals surface area contributed by atoms with E-state index in [0.717, 1.165) is 22.5 Å². The molecular weight excluding hydrogens is 484 g/mol. The quantitative estimate of drug-likeness (QED) is 0.430. The summed E-state index contributed by atoms with van der Waals surface area (Å²) in [6.07, 6.45) is -1.42. The van der Waals surface area contributed by atoms with Crippen LogP contribution in [0.25, 0.3) is 0 Å². The summed E-state index contributed by atoms with van der Waals surface area (Å²) < 4.78 is 43.1. The van der Waals surface area contributed by atoms with Gasteiger partial charge in [-0.2, -0.15) is 0 Å². The van der Waals surface area contributed by atoms with Crippen LogP contribution in [0, 0.1) is 0 Å². The molecule has 0 aromatic heterocycles. The molecule has 0 amide bonds. The van der Waals surface area contributed by atoms with Gasteiger partial charge < -0.3 is 38.0 Å². The fraction of sp³-hybridized carbons (Fsp3) is 0.519. The maximum atomic E-state index is 11.6. The average molecular weight is 519 g/mol. The summed E-state index contributed by atoms with van der Waals surface area (Å²) in [7, 11) is 4.70. The van der Waals surface area contributed by atoms with Gasteiger partial charge in [0.1, 0.15) is 35.8 Å². The van der Waals surface area contributed by atoms with Crippen molar-refractivity contribution in [3.8, 4) is 5.75 Å². The number of methoxy groups -OCH3 is 3. The second-order valence-corrected chi connectivity index (χ2v) is 10.1. The topological polar surface area (TPSA) is 81.7 Å². The molecule has 0 radical (unpaired) electrons.